The molecule has 2 aromatic heterocycles. The summed E-state index contributed by atoms with van der Waals surface area (Å²) in [6, 6.07) is 5.94. The number of thiophene rings is 1. The summed E-state index contributed by atoms with van der Waals surface area (Å²) in [5, 5.41) is 0.388. The smallest absolute Gasteiger partial charge is 0.348 e. The van der Waals surface area contributed by atoms with E-state index in [1.165, 1.54) is 19.2 Å². The van der Waals surface area contributed by atoms with Gasteiger partial charge in [0.15, 0.2) is 0 Å². The Hall–Kier alpha value is -2.80. The quantitative estimate of drug-likeness (QED) is 0.739. The molecular weight excluding hydrogens is 331 g/mol. The monoisotopic (exact) mass is 344 g/mol. The number of halogens is 1. The molecule has 122 valence electrons. The number of ether oxygens (including phenoxy) is 1. The van der Waals surface area contributed by atoms with Gasteiger partial charge in [-0.25, -0.2) is 14.2 Å². The fraction of sp³-hybridized carbons (Fsp3) is 0.118. The summed E-state index contributed by atoms with van der Waals surface area (Å²) in [6.45, 7) is 1.69. The van der Waals surface area contributed by atoms with E-state index in [4.69, 9.17) is 4.74 Å². The number of aryl methyl sites for hydroxylation is 1. The highest BCUT2D eigenvalue weighted by Crippen LogP contribution is 2.27. The predicted molar refractivity (Wildman–Crippen MR) is 91.6 cm³/mol. The van der Waals surface area contributed by atoms with Gasteiger partial charge in [0.2, 0.25) is 0 Å². The number of benzene rings is 1. The molecule has 0 aliphatic carbocycles. The molecule has 0 amide bonds. The number of aromatic amines is 1. The van der Waals surface area contributed by atoms with Crippen molar-refractivity contribution in [1.29, 1.82) is 0 Å². The van der Waals surface area contributed by atoms with Crippen molar-refractivity contribution in [3.8, 4) is 0 Å². The first-order chi connectivity index (χ1) is 11.5. The van der Waals surface area contributed by atoms with Crippen molar-refractivity contribution in [3.05, 3.63) is 62.3 Å². The standard InChI is InChI=1S/C17H13FN2O3S/c1-9-13-15(21)19-12(8-5-10-3-6-11(18)7-4-10)20-16(13)24-14(9)17(22)23-2/h3-8H,1-2H3,(H,19,20,21)/b8-5+. The highest BCUT2D eigenvalue weighted by molar-refractivity contribution is 7.20. The summed E-state index contributed by atoms with van der Waals surface area (Å²) in [7, 11) is 1.29. The Kier molecular flexibility index (Phi) is 4.26. The number of rotatable bonds is 3. The third kappa shape index (κ3) is 2.98. The van der Waals surface area contributed by atoms with Crippen LogP contribution in [0, 0.1) is 12.7 Å². The van der Waals surface area contributed by atoms with Crippen LogP contribution in [0.5, 0.6) is 0 Å². The number of fused-ring (bicyclic) bond motifs is 1. The van der Waals surface area contributed by atoms with Crippen molar-refractivity contribution >= 4 is 39.7 Å². The predicted octanol–water partition coefficient (Wildman–Crippen LogP) is 3.39. The normalized spacial score (nSPS) is 11.3. The van der Waals surface area contributed by atoms with Gasteiger partial charge in [0.05, 0.1) is 12.5 Å². The van der Waals surface area contributed by atoms with E-state index in [-0.39, 0.29) is 11.4 Å². The summed E-state index contributed by atoms with van der Waals surface area (Å²) >= 11 is 1.12. The molecule has 0 saturated carbocycles. The van der Waals surface area contributed by atoms with Crippen LogP contribution in [-0.2, 0) is 4.74 Å². The largest absolute Gasteiger partial charge is 0.465 e. The zero-order chi connectivity index (χ0) is 17.3. The van der Waals surface area contributed by atoms with Gasteiger partial charge in [-0.15, -0.1) is 11.3 Å². The second-order valence-electron chi connectivity index (χ2n) is 5.06. The number of aromatic nitrogens is 2. The van der Waals surface area contributed by atoms with Crippen LogP contribution in [0.2, 0.25) is 0 Å². The van der Waals surface area contributed by atoms with E-state index in [9.17, 15) is 14.0 Å². The van der Waals surface area contributed by atoms with Gasteiger partial charge in [-0.1, -0.05) is 18.2 Å². The van der Waals surface area contributed by atoms with Gasteiger partial charge in [0.1, 0.15) is 21.3 Å². The topological polar surface area (TPSA) is 72.0 Å². The SMILES string of the molecule is COC(=O)c1sc2nc(/C=C/c3ccc(F)cc3)[nH]c(=O)c2c1C. The first-order valence-electron chi connectivity index (χ1n) is 7.05. The maximum atomic E-state index is 12.9. The third-order valence-corrected chi connectivity index (χ3v) is 4.66. The average Bonchev–Trinajstić information content (AvgIpc) is 2.91. The van der Waals surface area contributed by atoms with Crippen molar-refractivity contribution in [2.24, 2.45) is 0 Å². The number of esters is 1. The molecule has 3 rings (SSSR count). The molecule has 2 heterocycles. The maximum absolute atomic E-state index is 12.9. The number of carbonyl (C=O) groups excluding carboxylic acids is 1. The fourth-order valence-electron chi connectivity index (χ4n) is 2.28. The molecule has 0 saturated heterocycles. The van der Waals surface area contributed by atoms with Gasteiger partial charge >= 0.3 is 5.97 Å². The van der Waals surface area contributed by atoms with Crippen LogP contribution in [0.4, 0.5) is 4.39 Å². The van der Waals surface area contributed by atoms with E-state index in [1.807, 2.05) is 0 Å². The van der Waals surface area contributed by atoms with Crippen molar-refractivity contribution < 1.29 is 13.9 Å². The number of nitrogens with zero attached hydrogens (tertiary/aromatic N) is 1. The van der Waals surface area contributed by atoms with Crippen LogP contribution in [0.3, 0.4) is 0 Å². The Morgan fingerprint density at radius 2 is 2.00 bits per heavy atom. The van der Waals surface area contributed by atoms with Crippen molar-refractivity contribution in [2.75, 3.05) is 7.11 Å². The summed E-state index contributed by atoms with van der Waals surface area (Å²) in [5.41, 5.74) is 1.02. The second-order valence-corrected chi connectivity index (χ2v) is 6.06. The lowest BCUT2D eigenvalue weighted by atomic mass is 10.2. The molecule has 24 heavy (non-hydrogen) atoms. The molecule has 0 spiro atoms. The Bertz CT molecular complexity index is 1000. The number of hydrogen-bond acceptors (Lipinski definition) is 5. The van der Waals surface area contributed by atoms with Crippen LogP contribution in [0.15, 0.2) is 29.1 Å². The molecule has 1 N–H and O–H groups in total. The first kappa shape index (κ1) is 16.1. The molecular formula is C17H13FN2O3S. The van der Waals surface area contributed by atoms with Gasteiger partial charge in [0, 0.05) is 0 Å². The van der Waals surface area contributed by atoms with Crippen LogP contribution in [0.1, 0.15) is 26.6 Å². The molecule has 0 aliphatic heterocycles. The summed E-state index contributed by atoms with van der Waals surface area (Å²) < 4.78 is 17.6. The number of methoxy groups -OCH3 is 1. The number of hydrogen-bond donors (Lipinski definition) is 1. The van der Waals surface area contributed by atoms with Gasteiger partial charge in [-0.2, -0.15) is 0 Å². The zero-order valence-electron chi connectivity index (χ0n) is 12.9. The van der Waals surface area contributed by atoms with Crippen molar-refractivity contribution in [2.45, 2.75) is 6.92 Å². The third-order valence-electron chi connectivity index (χ3n) is 3.49. The minimum Gasteiger partial charge on any atom is -0.465 e. The molecule has 0 atom stereocenters. The minimum absolute atomic E-state index is 0.315. The van der Waals surface area contributed by atoms with Crippen LogP contribution in [0.25, 0.3) is 22.4 Å². The van der Waals surface area contributed by atoms with E-state index in [0.717, 1.165) is 16.9 Å². The zero-order valence-corrected chi connectivity index (χ0v) is 13.7. The van der Waals surface area contributed by atoms with E-state index < -0.39 is 5.97 Å². The lowest BCUT2D eigenvalue weighted by Gasteiger charge is -1.96. The van der Waals surface area contributed by atoms with Crippen LogP contribution < -0.4 is 5.56 Å². The second kappa shape index (κ2) is 6.37. The van der Waals surface area contributed by atoms with Crippen LogP contribution >= 0.6 is 11.3 Å². The Balaban J connectivity index is 2.03. The fourth-order valence-corrected chi connectivity index (χ4v) is 3.38. The molecule has 0 radical (unpaired) electrons. The molecule has 0 bridgehead atoms. The molecule has 1 aromatic carbocycles. The number of nitrogens with one attached hydrogen (secondary N) is 1. The highest BCUT2D eigenvalue weighted by Gasteiger charge is 2.19. The van der Waals surface area contributed by atoms with Crippen molar-refractivity contribution in [3.63, 3.8) is 0 Å². The van der Waals surface area contributed by atoms with Crippen molar-refractivity contribution in [1.82, 2.24) is 9.97 Å². The van der Waals surface area contributed by atoms with Gasteiger partial charge < -0.3 is 9.72 Å². The minimum atomic E-state index is -0.488. The van der Waals surface area contributed by atoms with Gasteiger partial charge in [-0.3, -0.25) is 4.79 Å². The van der Waals surface area contributed by atoms with Gasteiger partial charge in [0.25, 0.3) is 5.56 Å². The summed E-state index contributed by atoms with van der Waals surface area (Å²) in [5.74, 6) is -0.447. The molecule has 0 aliphatic rings. The molecule has 0 fully saturated rings. The Morgan fingerprint density at radius 3 is 2.67 bits per heavy atom. The Labute approximate surface area is 140 Å². The molecule has 3 aromatic rings. The molecule has 0 unspecified atom stereocenters. The number of carbonyl (C=O) groups is 1. The molecule has 5 nitrogen and oxygen atoms in total. The lowest BCUT2D eigenvalue weighted by molar-refractivity contribution is 0.0605. The van der Waals surface area contributed by atoms with E-state index in [0.29, 0.717) is 26.5 Å². The highest BCUT2D eigenvalue weighted by atomic mass is 32.1. The maximum Gasteiger partial charge on any atom is 0.348 e. The Morgan fingerprint density at radius 1 is 1.29 bits per heavy atom. The summed E-state index contributed by atoms with van der Waals surface area (Å²) in [4.78, 5) is 31.9. The van der Waals surface area contributed by atoms with E-state index in [2.05, 4.69) is 9.97 Å². The van der Waals surface area contributed by atoms with Gasteiger partial charge in [-0.05, 0) is 36.3 Å². The summed E-state index contributed by atoms with van der Waals surface area (Å²) in [6.07, 6.45) is 3.34. The lowest BCUT2D eigenvalue weighted by Crippen LogP contribution is -2.09. The average molecular weight is 344 g/mol. The molecule has 7 heteroatoms. The first-order valence-corrected chi connectivity index (χ1v) is 7.86. The van der Waals surface area contributed by atoms with E-state index in [1.54, 1.807) is 31.2 Å². The van der Waals surface area contributed by atoms with Crippen LogP contribution in [-0.4, -0.2) is 23.0 Å². The van der Waals surface area contributed by atoms with E-state index >= 15 is 0 Å². The number of H-pyrrole nitrogens is 1.